The van der Waals surface area contributed by atoms with Crippen molar-refractivity contribution in [3.05, 3.63) is 192 Å². The van der Waals surface area contributed by atoms with Crippen molar-refractivity contribution in [2.24, 2.45) is 0 Å². The van der Waals surface area contributed by atoms with E-state index in [4.69, 9.17) is 6.57 Å². The van der Waals surface area contributed by atoms with Gasteiger partial charge in [0.1, 0.15) is 6.07 Å². The lowest BCUT2D eigenvalue weighted by Crippen LogP contribution is -2.74. The molecule has 232 valence electrons. The summed E-state index contributed by atoms with van der Waals surface area (Å²) in [6.45, 7) is 7.66. The second-order valence-electron chi connectivity index (χ2n) is 12.2. The summed E-state index contributed by atoms with van der Waals surface area (Å²) in [4.78, 5) is 3.69. The number of para-hydroxylation sites is 1. The van der Waals surface area contributed by atoms with Gasteiger partial charge in [-0.05, 0) is 62.0 Å². The van der Waals surface area contributed by atoms with Crippen molar-refractivity contribution in [3.63, 3.8) is 0 Å². The van der Waals surface area contributed by atoms with Crippen LogP contribution in [0, 0.1) is 29.2 Å². The minimum absolute atomic E-state index is 0.402. The molecular weight excluding hydrogens is 625 g/mol. The third kappa shape index (κ3) is 4.80. The molecule has 0 atom stereocenters. The lowest BCUT2D eigenvalue weighted by Gasteiger charge is -2.34. The minimum atomic E-state index is -2.85. The number of hydrogen-bond acceptors (Lipinski definition) is 2. The Bertz CT molecular complexity index is 2580. The van der Waals surface area contributed by atoms with Gasteiger partial charge in [-0.3, -0.25) is 0 Å². The Morgan fingerprint density at radius 2 is 1.10 bits per heavy atom. The first-order valence-corrected chi connectivity index (χ1v) is 18.3. The Hall–Kier alpha value is -6.97. The van der Waals surface area contributed by atoms with Crippen LogP contribution in [0.25, 0.3) is 43.5 Å². The van der Waals surface area contributed by atoms with Crippen LogP contribution in [0.4, 0.5) is 5.69 Å². The van der Waals surface area contributed by atoms with E-state index in [1.54, 1.807) is 6.07 Å². The molecule has 8 rings (SSSR count). The van der Waals surface area contributed by atoms with Gasteiger partial charge in [-0.2, -0.15) is 10.5 Å². The van der Waals surface area contributed by atoms with E-state index in [-0.39, 0.29) is 0 Å². The first-order valence-electron chi connectivity index (χ1n) is 16.3. The molecule has 8 aromatic rings. The van der Waals surface area contributed by atoms with Gasteiger partial charge in [-0.1, -0.05) is 140 Å². The molecule has 0 aliphatic rings. The molecule has 0 amide bonds. The molecule has 0 N–H and O–H groups in total. The van der Waals surface area contributed by atoms with Crippen molar-refractivity contribution >= 4 is 56.3 Å². The van der Waals surface area contributed by atoms with E-state index < -0.39 is 8.07 Å². The average Bonchev–Trinajstić information content (AvgIpc) is 3.52. The van der Waals surface area contributed by atoms with Crippen molar-refractivity contribution in [2.45, 2.75) is 0 Å². The Labute approximate surface area is 291 Å². The molecule has 50 heavy (non-hydrogen) atoms. The highest BCUT2D eigenvalue weighted by atomic mass is 28.3. The highest BCUT2D eigenvalue weighted by molar-refractivity contribution is 7.19. The van der Waals surface area contributed by atoms with Crippen molar-refractivity contribution in [2.75, 3.05) is 0 Å². The second-order valence-corrected chi connectivity index (χ2v) is 16.0. The summed E-state index contributed by atoms with van der Waals surface area (Å²) < 4.78 is 2.12. The summed E-state index contributed by atoms with van der Waals surface area (Å²) in [5, 5.41) is 27.7. The molecule has 4 nitrogen and oxygen atoms in total. The van der Waals surface area contributed by atoms with Crippen molar-refractivity contribution < 1.29 is 0 Å². The fourth-order valence-corrected chi connectivity index (χ4v) is 12.3. The Morgan fingerprint density at radius 1 is 0.520 bits per heavy atom. The average molecular weight is 653 g/mol. The number of hydrogen-bond donors (Lipinski definition) is 0. The number of aromatic nitrogens is 1. The van der Waals surface area contributed by atoms with E-state index in [1.165, 1.54) is 20.7 Å². The summed E-state index contributed by atoms with van der Waals surface area (Å²) in [6.07, 6.45) is 0. The Kier molecular flexibility index (Phi) is 7.63. The van der Waals surface area contributed by atoms with Gasteiger partial charge in [0.15, 0.2) is 13.8 Å². The molecule has 0 saturated heterocycles. The predicted molar refractivity (Wildman–Crippen MR) is 206 cm³/mol. The zero-order chi connectivity index (χ0) is 34.1. The summed E-state index contributed by atoms with van der Waals surface area (Å²) >= 11 is 0. The number of benzene rings is 7. The van der Waals surface area contributed by atoms with E-state index in [9.17, 15) is 10.5 Å². The van der Waals surface area contributed by atoms with Crippen molar-refractivity contribution in [3.8, 4) is 29.0 Å². The highest BCUT2D eigenvalue weighted by Gasteiger charge is 2.41. The molecule has 5 heteroatoms. The maximum atomic E-state index is 10.7. The van der Waals surface area contributed by atoms with Crippen LogP contribution in [0.5, 0.6) is 0 Å². The quantitative estimate of drug-likeness (QED) is 0.104. The lowest BCUT2D eigenvalue weighted by atomic mass is 9.97. The maximum absolute atomic E-state index is 10.7. The van der Waals surface area contributed by atoms with Gasteiger partial charge in [0.05, 0.1) is 40.5 Å². The maximum Gasteiger partial charge on any atom is 0.188 e. The van der Waals surface area contributed by atoms with Crippen LogP contribution in [-0.4, -0.2) is 12.6 Å². The lowest BCUT2D eigenvalue weighted by molar-refractivity contribution is 1.17. The standard InChI is InChI=1S/C45H28N4Si/c1-48-35-24-25-44-42(29-35)40-22-11-12-23-43(40)49(44)45-34(31-47)26-32(30-46)27-41(45)33-14-13-21-39(28-33)50(36-15-5-2-6-16-36,37-17-7-3-8-18-37)38-19-9-4-10-20-38/h2-29H. The van der Waals surface area contributed by atoms with Crippen LogP contribution in [-0.2, 0) is 0 Å². The third-order valence-corrected chi connectivity index (χ3v) is 14.4. The van der Waals surface area contributed by atoms with Crippen LogP contribution < -0.4 is 20.7 Å². The summed E-state index contributed by atoms with van der Waals surface area (Å²) in [6, 6.07) is 63.1. The van der Waals surface area contributed by atoms with Crippen LogP contribution in [0.1, 0.15) is 11.1 Å². The third-order valence-electron chi connectivity index (χ3n) is 9.60. The number of rotatable bonds is 6. The molecule has 0 saturated carbocycles. The smallest absolute Gasteiger partial charge is 0.188 e. The number of nitrogens with zero attached hydrogens (tertiary/aromatic N) is 4. The zero-order valence-electron chi connectivity index (χ0n) is 27.0. The topological polar surface area (TPSA) is 56.9 Å². The summed E-state index contributed by atoms with van der Waals surface area (Å²) in [5.41, 5.74) is 5.59. The molecule has 0 aliphatic heterocycles. The molecule has 1 heterocycles. The number of nitriles is 2. The molecule has 0 unspecified atom stereocenters. The van der Waals surface area contributed by atoms with Gasteiger partial charge in [-0.25, -0.2) is 4.85 Å². The second kappa shape index (κ2) is 12.6. The molecular formula is C45H28N4Si. The molecule has 7 aromatic carbocycles. The van der Waals surface area contributed by atoms with Crippen molar-refractivity contribution in [1.82, 2.24) is 4.57 Å². The SMILES string of the molecule is [C-]#[N+]c1ccc2c(c1)c1ccccc1n2-c1c(C#N)cc(C#N)cc1-c1cccc([Si](c2ccccc2)(c2ccccc2)c2ccccc2)c1. The van der Waals surface area contributed by atoms with Gasteiger partial charge in [0.25, 0.3) is 0 Å². The predicted octanol–water partition coefficient (Wildman–Crippen LogP) is 8.12. The molecule has 0 radical (unpaired) electrons. The Morgan fingerprint density at radius 3 is 1.70 bits per heavy atom. The molecule has 0 bridgehead atoms. The monoisotopic (exact) mass is 652 g/mol. The van der Waals surface area contributed by atoms with Gasteiger partial charge in [-0.15, -0.1) is 0 Å². The first-order chi connectivity index (χ1) is 24.7. The van der Waals surface area contributed by atoms with Crippen molar-refractivity contribution in [1.29, 1.82) is 10.5 Å². The van der Waals surface area contributed by atoms with E-state index in [1.807, 2.05) is 42.5 Å². The van der Waals surface area contributed by atoms with Crippen LogP contribution in [0.15, 0.2) is 170 Å². The van der Waals surface area contributed by atoms with E-state index in [0.29, 0.717) is 22.5 Å². The molecule has 0 spiro atoms. The fraction of sp³-hybridized carbons (Fsp3) is 0. The van der Waals surface area contributed by atoms with Gasteiger partial charge < -0.3 is 4.57 Å². The van der Waals surface area contributed by atoms with Crippen LogP contribution >= 0.6 is 0 Å². The van der Waals surface area contributed by atoms with E-state index in [2.05, 4.69) is 143 Å². The van der Waals surface area contributed by atoms with E-state index in [0.717, 1.165) is 32.9 Å². The summed E-state index contributed by atoms with van der Waals surface area (Å²) in [7, 11) is -2.85. The van der Waals surface area contributed by atoms with Gasteiger partial charge in [0, 0.05) is 10.9 Å². The normalized spacial score (nSPS) is 11.1. The van der Waals surface area contributed by atoms with E-state index >= 15 is 0 Å². The summed E-state index contributed by atoms with van der Waals surface area (Å²) in [5.74, 6) is 0. The molecule has 1 aromatic heterocycles. The van der Waals surface area contributed by atoms with Crippen LogP contribution in [0.3, 0.4) is 0 Å². The highest BCUT2D eigenvalue weighted by Crippen LogP contribution is 2.39. The zero-order valence-corrected chi connectivity index (χ0v) is 28.0. The van der Waals surface area contributed by atoms with Gasteiger partial charge in [0.2, 0.25) is 0 Å². The first kappa shape index (κ1) is 30.4. The molecule has 0 aliphatic carbocycles. The van der Waals surface area contributed by atoms with Gasteiger partial charge >= 0.3 is 0 Å². The molecule has 0 fully saturated rings. The minimum Gasteiger partial charge on any atom is -0.307 e. The fourth-order valence-electron chi connectivity index (χ4n) is 7.50. The largest absolute Gasteiger partial charge is 0.307 e. The van der Waals surface area contributed by atoms with Crippen LogP contribution in [0.2, 0.25) is 0 Å². The Balaban J connectivity index is 1.48. The number of fused-ring (bicyclic) bond motifs is 3.